The number of carbonyl (C=O) groups is 1. The van der Waals surface area contributed by atoms with Crippen LogP contribution in [0.2, 0.25) is 0 Å². The molecule has 178 valence electrons. The van der Waals surface area contributed by atoms with Gasteiger partial charge in [-0.15, -0.1) is 0 Å². The summed E-state index contributed by atoms with van der Waals surface area (Å²) in [4.78, 5) is 32.9. The third-order valence-corrected chi connectivity index (χ3v) is 5.56. The number of hydrogen-bond acceptors (Lipinski definition) is 5. The second kappa shape index (κ2) is 10.1. The lowest BCUT2D eigenvalue weighted by Gasteiger charge is -2.13. The summed E-state index contributed by atoms with van der Waals surface area (Å²) in [6.45, 7) is 3.73. The number of anilines is 2. The summed E-state index contributed by atoms with van der Waals surface area (Å²) in [7, 11) is 3.08. The molecule has 0 bridgehead atoms. The quantitative estimate of drug-likeness (QED) is 0.320. The fourth-order valence-corrected chi connectivity index (χ4v) is 3.77. The van der Waals surface area contributed by atoms with Crippen molar-refractivity contribution in [3.63, 3.8) is 0 Å². The van der Waals surface area contributed by atoms with Gasteiger partial charge in [-0.2, -0.15) is 0 Å². The van der Waals surface area contributed by atoms with E-state index in [1.807, 2.05) is 43.3 Å². The Hall–Kier alpha value is -4.59. The van der Waals surface area contributed by atoms with E-state index in [1.54, 1.807) is 44.4 Å². The van der Waals surface area contributed by atoms with Gasteiger partial charge in [-0.3, -0.25) is 9.79 Å². The molecule has 3 N–H and O–H groups in total. The van der Waals surface area contributed by atoms with Gasteiger partial charge in [0.2, 0.25) is 0 Å². The summed E-state index contributed by atoms with van der Waals surface area (Å²) >= 11 is 0. The van der Waals surface area contributed by atoms with E-state index in [1.165, 1.54) is 7.11 Å². The molecule has 0 fully saturated rings. The molecule has 1 aliphatic carbocycles. The van der Waals surface area contributed by atoms with E-state index in [0.29, 0.717) is 39.8 Å². The van der Waals surface area contributed by atoms with Crippen molar-refractivity contribution in [1.29, 1.82) is 0 Å². The number of amides is 2. The maximum absolute atomic E-state index is 12.6. The summed E-state index contributed by atoms with van der Waals surface area (Å²) in [6, 6.07) is 19.5. The average Bonchev–Trinajstić information content (AvgIpc) is 2.99. The number of ether oxygens (including phenoxy) is 2. The van der Waals surface area contributed by atoms with E-state index < -0.39 is 6.03 Å². The molecular weight excluding hydrogens is 444 g/mol. The molecular formula is C27H26N4O4. The summed E-state index contributed by atoms with van der Waals surface area (Å²) in [5, 5.41) is 5.59. The van der Waals surface area contributed by atoms with Crippen LogP contribution in [0.5, 0.6) is 11.5 Å². The number of carbonyl (C=O) groups excluding carboxylic acids is 1. The third-order valence-electron chi connectivity index (χ3n) is 5.56. The largest absolute Gasteiger partial charge is 0.497 e. The van der Waals surface area contributed by atoms with Crippen LogP contribution in [0, 0.1) is 6.92 Å². The van der Waals surface area contributed by atoms with E-state index in [2.05, 4.69) is 15.6 Å². The Labute approximate surface area is 203 Å². The molecule has 2 aromatic carbocycles. The standard InChI is InChI=1S/C27H26N4O4/c1-16-10-11-18(29-27(33)31-22-13-12-19(34-3)15-24(22)35-4)14-23(16)28-17(2)25-20-8-6-5-7-9-21(20)30-26(25)32/h5-15H,1-4H3,(H,30,32)(H2,29,31,33)/b28-17+. The molecule has 0 unspecified atom stereocenters. The normalized spacial score (nSPS) is 11.3. The highest BCUT2D eigenvalue weighted by molar-refractivity contribution is 6.06. The SMILES string of the molecule is COc1ccc(NC(=O)Nc2ccc(C)c(/N=C(\C)c3c4cccccc-4[nH]c3=O)c2)c(OC)c1. The molecule has 8 nitrogen and oxygen atoms in total. The summed E-state index contributed by atoms with van der Waals surface area (Å²) in [5.74, 6) is 1.10. The highest BCUT2D eigenvalue weighted by Crippen LogP contribution is 2.30. The van der Waals surface area contributed by atoms with Crippen molar-refractivity contribution >= 4 is 28.8 Å². The minimum Gasteiger partial charge on any atom is -0.497 e. The first kappa shape index (κ1) is 23.6. The summed E-state index contributed by atoms with van der Waals surface area (Å²) in [5.41, 5.74) is 5.09. The van der Waals surface area contributed by atoms with Crippen molar-refractivity contribution in [2.24, 2.45) is 4.99 Å². The number of aliphatic imine (C=N–C) groups is 1. The van der Waals surface area contributed by atoms with Gasteiger partial charge in [-0.05, 0) is 49.7 Å². The van der Waals surface area contributed by atoms with Gasteiger partial charge in [-0.25, -0.2) is 4.79 Å². The Morgan fingerprint density at radius 3 is 2.51 bits per heavy atom. The molecule has 0 spiro atoms. The zero-order valence-electron chi connectivity index (χ0n) is 19.9. The van der Waals surface area contributed by atoms with Crippen LogP contribution in [-0.2, 0) is 0 Å². The maximum Gasteiger partial charge on any atom is 0.323 e. The fraction of sp³-hybridized carbons (Fsp3) is 0.148. The van der Waals surface area contributed by atoms with Gasteiger partial charge in [-0.1, -0.05) is 30.3 Å². The Morgan fingerprint density at radius 2 is 1.74 bits per heavy atom. The molecule has 0 aromatic heterocycles. The van der Waals surface area contributed by atoms with E-state index in [9.17, 15) is 9.59 Å². The first-order chi connectivity index (χ1) is 16.9. The number of nitrogens with zero attached hydrogens (tertiary/aromatic N) is 1. The van der Waals surface area contributed by atoms with Crippen LogP contribution in [0.25, 0.3) is 11.3 Å². The predicted molar refractivity (Wildman–Crippen MR) is 139 cm³/mol. The van der Waals surface area contributed by atoms with Crippen molar-refractivity contribution in [3.8, 4) is 22.8 Å². The number of H-pyrrole nitrogens is 1. The number of urea groups is 1. The second-order valence-corrected chi connectivity index (χ2v) is 7.91. The van der Waals surface area contributed by atoms with Gasteiger partial charge in [0, 0.05) is 23.0 Å². The Kier molecular flexibility index (Phi) is 6.82. The lowest BCUT2D eigenvalue weighted by molar-refractivity contribution is 0.262. The molecule has 0 atom stereocenters. The topological polar surface area (TPSA) is 105 Å². The molecule has 0 saturated heterocycles. The molecule has 8 heteroatoms. The van der Waals surface area contributed by atoms with Gasteiger partial charge in [0.1, 0.15) is 11.5 Å². The van der Waals surface area contributed by atoms with Gasteiger partial charge in [0.05, 0.1) is 36.9 Å². The van der Waals surface area contributed by atoms with Crippen LogP contribution < -0.4 is 25.7 Å². The Balaban J connectivity index is 1.57. The van der Waals surface area contributed by atoms with Crippen LogP contribution >= 0.6 is 0 Å². The van der Waals surface area contributed by atoms with Crippen molar-refractivity contribution in [3.05, 3.63) is 88.2 Å². The fourth-order valence-electron chi connectivity index (χ4n) is 3.77. The van der Waals surface area contributed by atoms with E-state index in [4.69, 9.17) is 14.5 Å². The van der Waals surface area contributed by atoms with Crippen molar-refractivity contribution in [2.45, 2.75) is 13.8 Å². The van der Waals surface area contributed by atoms with Crippen molar-refractivity contribution < 1.29 is 14.3 Å². The number of aromatic amines is 1. The highest BCUT2D eigenvalue weighted by Gasteiger charge is 2.17. The summed E-state index contributed by atoms with van der Waals surface area (Å²) < 4.78 is 10.5. The molecule has 0 saturated carbocycles. The number of aromatic nitrogens is 1. The van der Waals surface area contributed by atoms with Crippen LogP contribution in [0.4, 0.5) is 21.9 Å². The Bertz CT molecular complexity index is 1440. The minimum atomic E-state index is -0.435. The van der Waals surface area contributed by atoms with E-state index in [0.717, 1.165) is 16.8 Å². The van der Waals surface area contributed by atoms with Crippen LogP contribution in [0.3, 0.4) is 0 Å². The molecule has 4 rings (SSSR count). The summed E-state index contributed by atoms with van der Waals surface area (Å²) in [6.07, 6.45) is 0. The molecule has 2 aromatic rings. The molecule has 2 amide bonds. The van der Waals surface area contributed by atoms with Gasteiger partial charge in [0.15, 0.2) is 0 Å². The Morgan fingerprint density at radius 1 is 0.943 bits per heavy atom. The first-order valence-corrected chi connectivity index (χ1v) is 11.0. The maximum atomic E-state index is 12.6. The van der Waals surface area contributed by atoms with E-state index in [-0.39, 0.29) is 5.56 Å². The third kappa shape index (κ3) is 5.16. The lowest BCUT2D eigenvalue weighted by atomic mass is 10.1. The number of nitrogens with one attached hydrogen (secondary N) is 3. The first-order valence-electron chi connectivity index (χ1n) is 11.0. The van der Waals surface area contributed by atoms with Crippen molar-refractivity contribution in [2.75, 3.05) is 24.9 Å². The second-order valence-electron chi connectivity index (χ2n) is 7.91. The number of benzene rings is 2. The zero-order valence-corrected chi connectivity index (χ0v) is 19.9. The predicted octanol–water partition coefficient (Wildman–Crippen LogP) is 5.59. The smallest absolute Gasteiger partial charge is 0.323 e. The number of hydrogen-bond donors (Lipinski definition) is 3. The van der Waals surface area contributed by atoms with Crippen molar-refractivity contribution in [1.82, 2.24) is 4.98 Å². The van der Waals surface area contributed by atoms with Gasteiger partial charge >= 0.3 is 6.03 Å². The molecule has 0 radical (unpaired) electrons. The number of aryl methyl sites for hydroxylation is 1. The average molecular weight is 471 g/mol. The van der Waals surface area contributed by atoms with Crippen LogP contribution in [0.15, 0.2) is 76.5 Å². The molecule has 1 aliphatic heterocycles. The lowest BCUT2D eigenvalue weighted by Crippen LogP contribution is -2.19. The van der Waals surface area contributed by atoms with Crippen LogP contribution in [0.1, 0.15) is 18.1 Å². The monoisotopic (exact) mass is 470 g/mol. The zero-order chi connectivity index (χ0) is 24.9. The molecule has 1 heterocycles. The molecule has 35 heavy (non-hydrogen) atoms. The number of rotatable bonds is 6. The van der Waals surface area contributed by atoms with E-state index >= 15 is 0 Å². The highest BCUT2D eigenvalue weighted by atomic mass is 16.5. The van der Waals surface area contributed by atoms with Crippen LogP contribution in [-0.4, -0.2) is 30.9 Å². The number of methoxy groups -OCH3 is 2. The minimum absolute atomic E-state index is 0.188. The van der Waals surface area contributed by atoms with Gasteiger partial charge in [0.25, 0.3) is 5.56 Å². The van der Waals surface area contributed by atoms with Gasteiger partial charge < -0.3 is 25.1 Å². The molecule has 2 aliphatic rings. The number of fused-ring (bicyclic) bond motifs is 1.